The average molecular weight is 368 g/mol. The van der Waals surface area contributed by atoms with Crippen molar-refractivity contribution in [3.8, 4) is 5.75 Å². The van der Waals surface area contributed by atoms with Gasteiger partial charge < -0.3 is 9.47 Å². The number of halogens is 1. The Balaban J connectivity index is 2.00. The van der Waals surface area contributed by atoms with Gasteiger partial charge in [-0.15, -0.1) is 0 Å². The molecule has 5 nitrogen and oxygen atoms in total. The lowest BCUT2D eigenvalue weighted by molar-refractivity contribution is 0.145. The van der Waals surface area contributed by atoms with Gasteiger partial charge in [0.15, 0.2) is 0 Å². The zero-order chi connectivity index (χ0) is 18.3. The maximum Gasteiger partial charge on any atom is 0.296 e. The molecule has 0 heterocycles. The molecule has 0 aliphatic carbocycles. The second kappa shape index (κ2) is 8.94. The zero-order valence-corrected chi connectivity index (χ0v) is 15.0. The minimum Gasteiger partial charge on any atom is -0.491 e. The standard InChI is InChI=1S/C18H21FO5S/c1-14-3-7-17(8-4-14)25(20,21)24-10-9-15-5-6-16(19)13-18(15)23-12-11-22-2/h3-8,13H,9-12H2,1-2H3. The molecule has 2 aromatic carbocycles. The molecular formula is C18H21FO5S. The fraction of sp³-hybridized carbons (Fsp3) is 0.333. The van der Waals surface area contributed by atoms with E-state index in [0.29, 0.717) is 17.9 Å². The summed E-state index contributed by atoms with van der Waals surface area (Å²) >= 11 is 0. The average Bonchev–Trinajstić information content (AvgIpc) is 2.57. The number of aryl methyl sites for hydroxylation is 1. The summed E-state index contributed by atoms with van der Waals surface area (Å²) in [6, 6.07) is 10.5. The highest BCUT2D eigenvalue weighted by molar-refractivity contribution is 7.86. The molecule has 0 atom stereocenters. The predicted octanol–water partition coefficient (Wildman–Crippen LogP) is 3.11. The molecule has 136 valence electrons. The largest absolute Gasteiger partial charge is 0.491 e. The van der Waals surface area contributed by atoms with E-state index >= 15 is 0 Å². The maximum atomic E-state index is 13.4. The van der Waals surface area contributed by atoms with Gasteiger partial charge in [-0.1, -0.05) is 23.8 Å². The summed E-state index contributed by atoms with van der Waals surface area (Å²) in [6.07, 6.45) is 0.272. The monoisotopic (exact) mass is 368 g/mol. The summed E-state index contributed by atoms with van der Waals surface area (Å²) in [5.41, 5.74) is 1.62. The lowest BCUT2D eigenvalue weighted by Crippen LogP contribution is -2.11. The van der Waals surface area contributed by atoms with Crippen LogP contribution < -0.4 is 4.74 Å². The van der Waals surface area contributed by atoms with Crippen LogP contribution in [0.3, 0.4) is 0 Å². The molecule has 0 aromatic heterocycles. The molecule has 0 spiro atoms. The van der Waals surface area contributed by atoms with Gasteiger partial charge >= 0.3 is 0 Å². The number of rotatable bonds is 9. The summed E-state index contributed by atoms with van der Waals surface area (Å²) in [6.45, 7) is 2.45. The first-order valence-corrected chi connectivity index (χ1v) is 9.19. The fourth-order valence-electron chi connectivity index (χ4n) is 2.14. The summed E-state index contributed by atoms with van der Waals surface area (Å²) in [5.74, 6) is -0.0715. The number of ether oxygens (including phenoxy) is 2. The summed E-state index contributed by atoms with van der Waals surface area (Å²) in [5, 5.41) is 0. The van der Waals surface area contributed by atoms with Gasteiger partial charge in [-0.2, -0.15) is 8.42 Å². The second-order valence-corrected chi connectivity index (χ2v) is 7.05. The van der Waals surface area contributed by atoms with E-state index in [4.69, 9.17) is 13.7 Å². The molecule has 0 amide bonds. The van der Waals surface area contributed by atoms with Gasteiger partial charge in [0, 0.05) is 19.6 Å². The molecule has 0 bridgehead atoms. The van der Waals surface area contributed by atoms with Gasteiger partial charge in [0.25, 0.3) is 10.1 Å². The van der Waals surface area contributed by atoms with Crippen LogP contribution in [0.15, 0.2) is 47.4 Å². The normalized spacial score (nSPS) is 11.5. The van der Waals surface area contributed by atoms with E-state index in [0.717, 1.165) is 5.56 Å². The molecular weight excluding hydrogens is 347 g/mol. The molecule has 0 unspecified atom stereocenters. The van der Waals surface area contributed by atoms with Gasteiger partial charge in [-0.3, -0.25) is 4.18 Å². The summed E-state index contributed by atoms with van der Waals surface area (Å²) in [7, 11) is -2.28. The molecule has 7 heteroatoms. The van der Waals surface area contributed by atoms with E-state index in [1.807, 2.05) is 6.92 Å². The molecule has 0 aliphatic rings. The molecule has 0 saturated carbocycles. The van der Waals surface area contributed by atoms with Crippen LogP contribution in [0.4, 0.5) is 4.39 Å². The Morgan fingerprint density at radius 1 is 1.00 bits per heavy atom. The van der Waals surface area contributed by atoms with E-state index < -0.39 is 15.9 Å². The van der Waals surface area contributed by atoms with Crippen LogP contribution in [0.1, 0.15) is 11.1 Å². The van der Waals surface area contributed by atoms with E-state index in [1.54, 1.807) is 25.3 Å². The van der Waals surface area contributed by atoms with Crippen molar-refractivity contribution in [3.63, 3.8) is 0 Å². The van der Waals surface area contributed by atoms with Crippen molar-refractivity contribution in [1.82, 2.24) is 0 Å². The Labute approximate surface area is 147 Å². The lowest BCUT2D eigenvalue weighted by atomic mass is 10.1. The van der Waals surface area contributed by atoms with Crippen molar-refractivity contribution in [2.45, 2.75) is 18.2 Å². The Kier molecular flexibility index (Phi) is 6.92. The number of benzene rings is 2. The second-order valence-electron chi connectivity index (χ2n) is 5.43. The van der Waals surface area contributed by atoms with Crippen LogP contribution in [0.2, 0.25) is 0 Å². The molecule has 0 saturated heterocycles. The quantitative estimate of drug-likeness (QED) is 0.503. The highest BCUT2D eigenvalue weighted by Crippen LogP contribution is 2.21. The van der Waals surface area contributed by atoms with Gasteiger partial charge in [0.2, 0.25) is 0 Å². The van der Waals surface area contributed by atoms with Crippen molar-refractivity contribution in [1.29, 1.82) is 0 Å². The summed E-state index contributed by atoms with van der Waals surface area (Å²) < 4.78 is 53.1. The number of hydrogen-bond donors (Lipinski definition) is 0. The third-order valence-electron chi connectivity index (χ3n) is 3.49. The Hall–Kier alpha value is -1.96. The van der Waals surface area contributed by atoms with E-state index in [9.17, 15) is 12.8 Å². The molecule has 0 N–H and O–H groups in total. The van der Waals surface area contributed by atoms with Crippen LogP contribution in [0, 0.1) is 12.7 Å². The minimum absolute atomic E-state index is 0.0670. The van der Waals surface area contributed by atoms with Crippen LogP contribution >= 0.6 is 0 Å². The molecule has 0 aliphatic heterocycles. The van der Waals surface area contributed by atoms with Gasteiger partial charge in [0.05, 0.1) is 18.1 Å². The number of hydrogen-bond acceptors (Lipinski definition) is 5. The van der Waals surface area contributed by atoms with Crippen molar-refractivity contribution in [2.75, 3.05) is 26.9 Å². The topological polar surface area (TPSA) is 61.8 Å². The Bertz CT molecular complexity index is 788. The van der Waals surface area contributed by atoms with E-state index in [2.05, 4.69) is 0 Å². The molecule has 2 rings (SSSR count). The van der Waals surface area contributed by atoms with E-state index in [-0.39, 0.29) is 24.5 Å². The minimum atomic E-state index is -3.82. The summed E-state index contributed by atoms with van der Waals surface area (Å²) in [4.78, 5) is 0.105. The van der Waals surface area contributed by atoms with Crippen molar-refractivity contribution in [3.05, 3.63) is 59.4 Å². The maximum absolute atomic E-state index is 13.4. The van der Waals surface area contributed by atoms with Crippen molar-refractivity contribution >= 4 is 10.1 Å². The van der Waals surface area contributed by atoms with Gasteiger partial charge in [-0.05, 0) is 30.7 Å². The third kappa shape index (κ3) is 5.81. The first-order valence-electron chi connectivity index (χ1n) is 7.78. The van der Waals surface area contributed by atoms with Crippen molar-refractivity contribution in [2.24, 2.45) is 0 Å². The number of methoxy groups -OCH3 is 1. The first kappa shape index (κ1) is 19.4. The van der Waals surface area contributed by atoms with Gasteiger partial charge in [-0.25, -0.2) is 4.39 Å². The van der Waals surface area contributed by atoms with Crippen LogP contribution in [-0.4, -0.2) is 35.3 Å². The van der Waals surface area contributed by atoms with Crippen LogP contribution in [0.25, 0.3) is 0 Å². The van der Waals surface area contributed by atoms with Gasteiger partial charge in [0.1, 0.15) is 18.2 Å². The first-order chi connectivity index (χ1) is 11.9. The Morgan fingerprint density at radius 3 is 2.40 bits per heavy atom. The SMILES string of the molecule is COCCOc1cc(F)ccc1CCOS(=O)(=O)c1ccc(C)cc1. The molecule has 0 fully saturated rings. The smallest absolute Gasteiger partial charge is 0.296 e. The highest BCUT2D eigenvalue weighted by Gasteiger charge is 2.15. The van der Waals surface area contributed by atoms with Crippen molar-refractivity contribution < 1.29 is 26.5 Å². The molecule has 25 heavy (non-hydrogen) atoms. The fourth-order valence-corrected chi connectivity index (χ4v) is 3.05. The Morgan fingerprint density at radius 2 is 1.72 bits per heavy atom. The van der Waals surface area contributed by atoms with E-state index in [1.165, 1.54) is 24.3 Å². The highest BCUT2D eigenvalue weighted by atomic mass is 32.2. The van der Waals surface area contributed by atoms with Crippen LogP contribution in [-0.2, 0) is 25.5 Å². The third-order valence-corrected chi connectivity index (χ3v) is 4.82. The molecule has 0 radical (unpaired) electrons. The van der Waals surface area contributed by atoms with Crippen LogP contribution in [0.5, 0.6) is 5.75 Å². The molecule has 2 aromatic rings. The predicted molar refractivity (Wildman–Crippen MR) is 91.8 cm³/mol. The lowest BCUT2D eigenvalue weighted by Gasteiger charge is -2.12. The zero-order valence-electron chi connectivity index (χ0n) is 14.2.